The number of H-pyrrole nitrogens is 2. The number of hydrogen-bond acceptors (Lipinski definition) is 10. The highest BCUT2D eigenvalue weighted by atomic mass is 14.9. The summed E-state index contributed by atoms with van der Waals surface area (Å²) in [6, 6.07) is 9.27. The van der Waals surface area contributed by atoms with Gasteiger partial charge in [0.2, 0.25) is 0 Å². The van der Waals surface area contributed by atoms with E-state index in [4.69, 9.17) is 9.97 Å². The van der Waals surface area contributed by atoms with E-state index < -0.39 is 0 Å². The number of aryl methyl sites for hydroxylation is 4. The van der Waals surface area contributed by atoms with Crippen molar-refractivity contribution < 1.29 is 0 Å². The van der Waals surface area contributed by atoms with E-state index in [1.807, 2.05) is 0 Å². The van der Waals surface area contributed by atoms with Gasteiger partial charge in [0.15, 0.2) is 0 Å². The average molecular weight is 1020 g/mol. The minimum atomic E-state index is 0.940. The first-order valence-corrected chi connectivity index (χ1v) is 30.1. The zero-order valence-corrected chi connectivity index (χ0v) is 48.2. The molecular formula is C62H106N12. The molecule has 2 aliphatic rings. The molecule has 0 atom stereocenters. The lowest BCUT2D eigenvalue weighted by Crippen LogP contribution is -2.22. The van der Waals surface area contributed by atoms with E-state index in [1.165, 1.54) is 127 Å². The first kappa shape index (κ1) is 61.1. The summed E-state index contributed by atoms with van der Waals surface area (Å²) in [7, 11) is 0. The molecule has 8 bridgehead atoms. The van der Waals surface area contributed by atoms with Gasteiger partial charge in [0, 0.05) is 22.1 Å². The maximum absolute atomic E-state index is 5.48. The number of hydrogen-bond donors (Lipinski definition) is 10. The Morgan fingerprint density at radius 3 is 1.04 bits per heavy atom. The Bertz CT molecular complexity index is 2290. The van der Waals surface area contributed by atoms with Gasteiger partial charge in [-0.3, -0.25) is 0 Å². The van der Waals surface area contributed by atoms with E-state index in [-0.39, 0.29) is 0 Å². The second-order valence-electron chi connectivity index (χ2n) is 21.0. The van der Waals surface area contributed by atoms with Crippen molar-refractivity contribution in [1.29, 1.82) is 0 Å². The molecule has 12 heteroatoms. The summed E-state index contributed by atoms with van der Waals surface area (Å²) >= 11 is 0. The van der Waals surface area contributed by atoms with Gasteiger partial charge in [-0.2, -0.15) is 0 Å². The van der Waals surface area contributed by atoms with E-state index in [0.29, 0.717) is 0 Å². The summed E-state index contributed by atoms with van der Waals surface area (Å²) in [6.45, 7) is 35.5. The Morgan fingerprint density at radius 2 is 0.635 bits per heavy atom. The first-order chi connectivity index (χ1) is 36.3. The third-order valence-electron chi connectivity index (χ3n) is 15.3. The number of nitrogens with zero attached hydrogens (tertiary/aromatic N) is 2. The van der Waals surface area contributed by atoms with Gasteiger partial charge in [-0.15, -0.1) is 0 Å². The summed E-state index contributed by atoms with van der Waals surface area (Å²) in [5.41, 5.74) is 19.5. The highest BCUT2D eigenvalue weighted by Crippen LogP contribution is 2.37. The molecule has 10 N–H and O–H groups in total. The standard InChI is InChI=1S/C62H106N12/c1-9-51-47(5)55-43-56-49(7)53(27-25-41-69-39-23-21-37-67-35-19-17-33-65-31-15-13-29-63-11-3)61(73-56)46-62-54(50(8)58(74-62)45-60-52(10-2)48(6)57(72-60)44-59(51)71-55)28-26-42-70-40-24-22-38-68-36-20-18-34-66-32-16-14-30-64-12-4/h43-46,63-71,74H,9-42H2,1-8H3. The predicted octanol–water partition coefficient (Wildman–Crippen LogP) is 10.9. The molecule has 414 valence electrons. The fourth-order valence-corrected chi connectivity index (χ4v) is 10.6. The molecular weight excluding hydrogens is 913 g/mol. The second kappa shape index (κ2) is 36.3. The number of aromatic nitrogens is 4. The molecule has 2 aliphatic heterocycles. The monoisotopic (exact) mass is 1020 g/mol. The van der Waals surface area contributed by atoms with Crippen LogP contribution in [-0.4, -0.2) is 125 Å². The molecule has 12 nitrogen and oxygen atoms in total. The normalized spacial score (nSPS) is 12.9. The molecule has 5 heterocycles. The summed E-state index contributed by atoms with van der Waals surface area (Å²) in [5, 5.41) is 28.9. The van der Waals surface area contributed by atoms with Gasteiger partial charge in [-0.25, -0.2) is 9.97 Å². The fraction of sp³-hybridized carbons (Fsp3) is 0.677. The van der Waals surface area contributed by atoms with Crippen LogP contribution in [0.25, 0.3) is 44.4 Å². The quantitative estimate of drug-likeness (QED) is 0.0248. The van der Waals surface area contributed by atoms with Crippen molar-refractivity contribution in [2.24, 2.45) is 0 Å². The Balaban J connectivity index is 1.18. The van der Waals surface area contributed by atoms with Crippen molar-refractivity contribution in [2.45, 2.75) is 171 Å². The topological polar surface area (TPSA) is 154 Å². The highest BCUT2D eigenvalue weighted by molar-refractivity contribution is 5.95. The van der Waals surface area contributed by atoms with Gasteiger partial charge in [0.25, 0.3) is 0 Å². The lowest BCUT2D eigenvalue weighted by Gasteiger charge is -2.08. The Hall–Kier alpha value is -3.72. The summed E-state index contributed by atoms with van der Waals surface area (Å²) in [6.07, 6.45) is 20.9. The van der Waals surface area contributed by atoms with Crippen LogP contribution in [-0.2, 0) is 12.8 Å². The van der Waals surface area contributed by atoms with Crippen LogP contribution in [0, 0.1) is 13.8 Å². The smallest absolute Gasteiger partial charge is 0.0693 e. The summed E-state index contributed by atoms with van der Waals surface area (Å²) < 4.78 is 0. The van der Waals surface area contributed by atoms with Crippen molar-refractivity contribution in [3.05, 3.63) is 69.3 Å². The van der Waals surface area contributed by atoms with Crippen LogP contribution in [0.4, 0.5) is 0 Å². The molecule has 0 saturated heterocycles. The van der Waals surface area contributed by atoms with Crippen molar-refractivity contribution in [3.8, 4) is 0 Å². The maximum Gasteiger partial charge on any atom is 0.0693 e. The van der Waals surface area contributed by atoms with Gasteiger partial charge in [-0.1, -0.05) is 27.7 Å². The van der Waals surface area contributed by atoms with E-state index >= 15 is 0 Å². The highest BCUT2D eigenvalue weighted by Gasteiger charge is 2.20. The molecule has 0 amide bonds. The molecule has 74 heavy (non-hydrogen) atoms. The first-order valence-electron chi connectivity index (χ1n) is 30.1. The van der Waals surface area contributed by atoms with Gasteiger partial charge in [0.1, 0.15) is 0 Å². The van der Waals surface area contributed by atoms with Crippen LogP contribution in [0.3, 0.4) is 0 Å². The predicted molar refractivity (Wildman–Crippen MR) is 322 cm³/mol. The van der Waals surface area contributed by atoms with Crippen LogP contribution >= 0.6 is 0 Å². The molecule has 5 rings (SSSR count). The van der Waals surface area contributed by atoms with Crippen LogP contribution in [0.2, 0.25) is 0 Å². The molecule has 3 aromatic rings. The average Bonchev–Trinajstić information content (AvgIpc) is 4.07. The third kappa shape index (κ3) is 20.7. The summed E-state index contributed by atoms with van der Waals surface area (Å²) in [4.78, 5) is 18.6. The van der Waals surface area contributed by atoms with Crippen LogP contribution in [0.5, 0.6) is 0 Å². The van der Waals surface area contributed by atoms with Gasteiger partial charge < -0.3 is 52.5 Å². The zero-order valence-electron chi connectivity index (χ0n) is 48.2. The zero-order chi connectivity index (χ0) is 52.6. The van der Waals surface area contributed by atoms with Crippen molar-refractivity contribution in [1.82, 2.24) is 62.5 Å². The van der Waals surface area contributed by atoms with E-state index in [1.54, 1.807) is 0 Å². The summed E-state index contributed by atoms with van der Waals surface area (Å²) in [5.74, 6) is 0. The maximum atomic E-state index is 5.48. The lowest BCUT2D eigenvalue weighted by molar-refractivity contribution is 0.542. The van der Waals surface area contributed by atoms with Gasteiger partial charge in [0.05, 0.1) is 22.8 Å². The second-order valence-corrected chi connectivity index (χ2v) is 21.0. The number of unbranched alkanes of at least 4 members (excludes halogenated alkanes) is 6. The van der Waals surface area contributed by atoms with Gasteiger partial charge >= 0.3 is 0 Å². The molecule has 0 unspecified atom stereocenters. The molecule has 3 aromatic heterocycles. The van der Waals surface area contributed by atoms with Crippen LogP contribution in [0.15, 0.2) is 24.3 Å². The Labute approximate surface area is 450 Å². The number of allylic oxidation sites excluding steroid dienone is 4. The molecule has 0 aliphatic carbocycles. The minimum absolute atomic E-state index is 0.940. The van der Waals surface area contributed by atoms with Crippen molar-refractivity contribution in [2.75, 3.05) is 105 Å². The van der Waals surface area contributed by atoms with Gasteiger partial charge in [-0.05, 0) is 317 Å². The lowest BCUT2D eigenvalue weighted by atomic mass is 10.00. The fourth-order valence-electron chi connectivity index (χ4n) is 10.6. The van der Waals surface area contributed by atoms with E-state index in [0.717, 1.165) is 183 Å². The number of nitrogens with one attached hydrogen (secondary N) is 10. The minimum Gasteiger partial charge on any atom is -0.355 e. The number of aromatic amines is 2. The molecule has 0 spiro atoms. The van der Waals surface area contributed by atoms with Crippen molar-refractivity contribution in [3.63, 3.8) is 0 Å². The third-order valence-corrected chi connectivity index (χ3v) is 15.3. The Morgan fingerprint density at radius 1 is 0.324 bits per heavy atom. The number of rotatable bonds is 42. The van der Waals surface area contributed by atoms with E-state index in [2.05, 4.69) is 132 Å². The van der Waals surface area contributed by atoms with Crippen LogP contribution < -0.4 is 42.5 Å². The molecule has 0 fully saturated rings. The molecule has 0 radical (unpaired) electrons. The van der Waals surface area contributed by atoms with Crippen LogP contribution in [0.1, 0.15) is 189 Å². The molecule has 0 saturated carbocycles. The van der Waals surface area contributed by atoms with E-state index in [9.17, 15) is 0 Å². The number of fused-ring (bicyclic) bond motifs is 8. The largest absolute Gasteiger partial charge is 0.355 e. The van der Waals surface area contributed by atoms with Crippen molar-refractivity contribution >= 4 is 44.4 Å². The SMILES string of the molecule is CCNCCCCNCCCCNCCCCNCCCC1=C(C)c2cc3[nH]c(cc4nc(cc5[nH]c(cc1n2)c(CCCNCCCCNCCCCNCCCCNCC)c5C)C(CC)=C4C)c(CC)c3C. The molecule has 0 aromatic carbocycles. The Kier molecular flexibility index (Phi) is 30.0.